The maximum atomic E-state index is 12.7. The Kier molecular flexibility index (Phi) is 6.57. The van der Waals surface area contributed by atoms with Gasteiger partial charge in [0, 0.05) is 57.7 Å². The van der Waals surface area contributed by atoms with E-state index >= 15 is 0 Å². The summed E-state index contributed by atoms with van der Waals surface area (Å²) in [7, 11) is 1.86. The van der Waals surface area contributed by atoms with E-state index in [0.29, 0.717) is 42.4 Å². The van der Waals surface area contributed by atoms with Crippen LogP contribution in [0.2, 0.25) is 5.02 Å². The quantitative estimate of drug-likeness (QED) is 0.802. The standard InChI is InChI=1S/C20H25ClN4O3/c1-14(26)25-9-6-17(7-10-25)28-19-4-3-16(21)11-18(19)20(27)22-8-5-15-12-23-24(2)13-15/h3-4,11-13,17H,5-10H2,1-2H3,(H,22,27). The number of hydrogen-bond donors (Lipinski definition) is 1. The van der Waals surface area contributed by atoms with Crippen LogP contribution in [0.25, 0.3) is 0 Å². The molecule has 1 aliphatic rings. The molecule has 28 heavy (non-hydrogen) atoms. The van der Waals surface area contributed by atoms with Crippen LogP contribution in [0.5, 0.6) is 5.75 Å². The number of carbonyl (C=O) groups is 2. The Hall–Kier alpha value is -2.54. The monoisotopic (exact) mass is 404 g/mol. The Morgan fingerprint density at radius 2 is 2.07 bits per heavy atom. The van der Waals surface area contributed by atoms with Gasteiger partial charge in [0.25, 0.3) is 5.91 Å². The van der Waals surface area contributed by atoms with Crippen molar-refractivity contribution in [2.24, 2.45) is 7.05 Å². The molecule has 150 valence electrons. The van der Waals surface area contributed by atoms with Gasteiger partial charge < -0.3 is 15.0 Å². The first-order valence-electron chi connectivity index (χ1n) is 9.40. The van der Waals surface area contributed by atoms with Crippen LogP contribution in [0, 0.1) is 0 Å². The predicted molar refractivity (Wildman–Crippen MR) is 107 cm³/mol. The Morgan fingerprint density at radius 3 is 2.71 bits per heavy atom. The van der Waals surface area contributed by atoms with E-state index in [2.05, 4.69) is 10.4 Å². The van der Waals surface area contributed by atoms with Crippen molar-refractivity contribution in [1.82, 2.24) is 20.0 Å². The van der Waals surface area contributed by atoms with Gasteiger partial charge in [-0.1, -0.05) is 11.6 Å². The molecule has 0 radical (unpaired) electrons. The number of halogens is 1. The third kappa shape index (κ3) is 5.25. The van der Waals surface area contributed by atoms with Crippen LogP contribution in [-0.4, -0.2) is 52.2 Å². The average Bonchev–Trinajstić information content (AvgIpc) is 3.08. The van der Waals surface area contributed by atoms with Gasteiger partial charge in [0.05, 0.1) is 11.8 Å². The van der Waals surface area contributed by atoms with Crippen molar-refractivity contribution in [2.45, 2.75) is 32.3 Å². The Balaban J connectivity index is 1.60. The number of hydrogen-bond acceptors (Lipinski definition) is 4. The number of likely N-dealkylation sites (tertiary alicyclic amines) is 1. The van der Waals surface area contributed by atoms with Gasteiger partial charge in [0.1, 0.15) is 11.9 Å². The zero-order valence-electron chi connectivity index (χ0n) is 16.2. The van der Waals surface area contributed by atoms with Crippen LogP contribution in [-0.2, 0) is 18.3 Å². The summed E-state index contributed by atoms with van der Waals surface area (Å²) >= 11 is 6.10. The van der Waals surface area contributed by atoms with E-state index in [0.717, 1.165) is 18.4 Å². The number of ether oxygens (including phenoxy) is 1. The third-order valence-corrected chi connectivity index (χ3v) is 5.06. The molecule has 8 heteroatoms. The van der Waals surface area contributed by atoms with Crippen molar-refractivity contribution in [3.8, 4) is 5.75 Å². The highest BCUT2D eigenvalue weighted by atomic mass is 35.5. The lowest BCUT2D eigenvalue weighted by Gasteiger charge is -2.31. The van der Waals surface area contributed by atoms with Crippen molar-refractivity contribution < 1.29 is 14.3 Å². The molecule has 3 rings (SSSR count). The molecule has 2 aromatic rings. The van der Waals surface area contributed by atoms with Crippen LogP contribution in [0.1, 0.15) is 35.7 Å². The second-order valence-electron chi connectivity index (χ2n) is 6.99. The highest BCUT2D eigenvalue weighted by molar-refractivity contribution is 6.31. The van der Waals surface area contributed by atoms with Gasteiger partial charge in [-0.25, -0.2) is 0 Å². The summed E-state index contributed by atoms with van der Waals surface area (Å²) in [6.07, 6.45) is 5.86. The molecular weight excluding hydrogens is 380 g/mol. The molecule has 1 aliphatic heterocycles. The summed E-state index contributed by atoms with van der Waals surface area (Å²) in [5.41, 5.74) is 1.48. The molecule has 1 aromatic heterocycles. The molecule has 0 unspecified atom stereocenters. The van der Waals surface area contributed by atoms with Crippen LogP contribution in [0.15, 0.2) is 30.6 Å². The summed E-state index contributed by atoms with van der Waals surface area (Å²) in [5, 5.41) is 7.52. The molecule has 0 aliphatic carbocycles. The van der Waals surface area contributed by atoms with Gasteiger partial charge in [0.15, 0.2) is 0 Å². The lowest BCUT2D eigenvalue weighted by molar-refractivity contribution is -0.130. The second-order valence-corrected chi connectivity index (χ2v) is 7.43. The number of carbonyl (C=O) groups excluding carboxylic acids is 2. The van der Waals surface area contributed by atoms with Crippen molar-refractivity contribution in [2.75, 3.05) is 19.6 Å². The smallest absolute Gasteiger partial charge is 0.255 e. The number of benzene rings is 1. The molecule has 1 fully saturated rings. The largest absolute Gasteiger partial charge is 0.489 e. The molecule has 0 spiro atoms. The third-order valence-electron chi connectivity index (χ3n) is 4.82. The van der Waals surface area contributed by atoms with E-state index in [4.69, 9.17) is 16.3 Å². The van der Waals surface area contributed by atoms with Crippen molar-refractivity contribution in [3.63, 3.8) is 0 Å². The number of nitrogens with zero attached hydrogens (tertiary/aromatic N) is 3. The lowest BCUT2D eigenvalue weighted by Crippen LogP contribution is -2.40. The maximum Gasteiger partial charge on any atom is 0.255 e. The molecule has 2 heterocycles. The van der Waals surface area contributed by atoms with Crippen molar-refractivity contribution >= 4 is 23.4 Å². The first kappa shape index (κ1) is 20.2. The number of aryl methyl sites for hydroxylation is 1. The summed E-state index contributed by atoms with van der Waals surface area (Å²) in [4.78, 5) is 25.9. The van der Waals surface area contributed by atoms with Gasteiger partial charge >= 0.3 is 0 Å². The van der Waals surface area contributed by atoms with E-state index in [1.807, 2.05) is 18.1 Å². The van der Waals surface area contributed by atoms with Crippen LogP contribution in [0.4, 0.5) is 0 Å². The molecule has 1 N–H and O–H groups in total. The van der Waals surface area contributed by atoms with E-state index in [1.165, 1.54) is 0 Å². The van der Waals surface area contributed by atoms with Crippen LogP contribution >= 0.6 is 11.6 Å². The lowest BCUT2D eigenvalue weighted by atomic mass is 10.1. The molecule has 0 atom stereocenters. The topological polar surface area (TPSA) is 76.5 Å². The molecule has 7 nitrogen and oxygen atoms in total. The molecule has 0 bridgehead atoms. The van der Waals surface area contributed by atoms with Crippen LogP contribution in [0.3, 0.4) is 0 Å². The van der Waals surface area contributed by atoms with E-state index in [1.54, 1.807) is 36.0 Å². The number of amides is 2. The van der Waals surface area contributed by atoms with E-state index < -0.39 is 0 Å². The Bertz CT molecular complexity index is 844. The molecule has 1 saturated heterocycles. The summed E-state index contributed by atoms with van der Waals surface area (Å²) in [6, 6.07) is 5.07. The van der Waals surface area contributed by atoms with Gasteiger partial charge in [-0.15, -0.1) is 0 Å². The molecule has 2 amide bonds. The normalized spacial score (nSPS) is 14.8. The zero-order chi connectivity index (χ0) is 20.1. The summed E-state index contributed by atoms with van der Waals surface area (Å²) < 4.78 is 7.82. The summed E-state index contributed by atoms with van der Waals surface area (Å²) in [5.74, 6) is 0.380. The first-order valence-corrected chi connectivity index (χ1v) is 9.77. The highest BCUT2D eigenvalue weighted by Gasteiger charge is 2.23. The SMILES string of the molecule is CC(=O)N1CCC(Oc2ccc(Cl)cc2C(=O)NCCc2cnn(C)c2)CC1. The highest BCUT2D eigenvalue weighted by Crippen LogP contribution is 2.26. The van der Waals surface area contributed by atoms with E-state index in [9.17, 15) is 9.59 Å². The number of nitrogens with one attached hydrogen (secondary N) is 1. The fourth-order valence-corrected chi connectivity index (χ4v) is 3.44. The van der Waals surface area contributed by atoms with Gasteiger partial charge in [-0.05, 0) is 30.2 Å². The van der Waals surface area contributed by atoms with Gasteiger partial charge in [-0.3, -0.25) is 14.3 Å². The van der Waals surface area contributed by atoms with Gasteiger partial charge in [-0.2, -0.15) is 5.10 Å². The number of piperidine rings is 1. The molecule has 1 aromatic carbocycles. The van der Waals surface area contributed by atoms with Crippen molar-refractivity contribution in [3.05, 3.63) is 46.7 Å². The second kappa shape index (κ2) is 9.10. The minimum atomic E-state index is -0.220. The van der Waals surface area contributed by atoms with Gasteiger partial charge in [0.2, 0.25) is 5.91 Å². The predicted octanol–water partition coefficient (Wildman–Crippen LogP) is 2.44. The fraction of sp³-hybridized carbons (Fsp3) is 0.450. The maximum absolute atomic E-state index is 12.7. The van der Waals surface area contributed by atoms with E-state index in [-0.39, 0.29) is 17.9 Å². The zero-order valence-corrected chi connectivity index (χ0v) is 16.9. The Labute approximate surface area is 169 Å². The fourth-order valence-electron chi connectivity index (χ4n) is 3.27. The molecular formula is C20H25ClN4O3. The van der Waals surface area contributed by atoms with Crippen LogP contribution < -0.4 is 10.1 Å². The first-order chi connectivity index (χ1) is 13.4. The minimum Gasteiger partial charge on any atom is -0.489 e. The Morgan fingerprint density at radius 1 is 1.32 bits per heavy atom. The minimum absolute atomic E-state index is 0.0290. The molecule has 0 saturated carbocycles. The average molecular weight is 405 g/mol. The van der Waals surface area contributed by atoms with Crippen molar-refractivity contribution in [1.29, 1.82) is 0 Å². The number of aromatic nitrogens is 2. The summed E-state index contributed by atoms with van der Waals surface area (Å²) in [6.45, 7) is 3.41. The number of rotatable bonds is 6.